The van der Waals surface area contributed by atoms with Crippen molar-refractivity contribution in [2.24, 2.45) is 5.92 Å². The van der Waals surface area contributed by atoms with Crippen molar-refractivity contribution in [1.82, 2.24) is 10.2 Å². The van der Waals surface area contributed by atoms with Crippen LogP contribution in [0.1, 0.15) is 22.2 Å². The number of nitrogens with zero attached hydrogens (tertiary/aromatic N) is 1. The van der Waals surface area contributed by atoms with Crippen LogP contribution in [0.5, 0.6) is 0 Å². The lowest BCUT2D eigenvalue weighted by atomic mass is 9.99. The van der Waals surface area contributed by atoms with E-state index in [4.69, 9.17) is 0 Å². The zero-order chi connectivity index (χ0) is 10.8. The third kappa shape index (κ3) is 2.25. The molecule has 0 radical (unpaired) electrons. The van der Waals surface area contributed by atoms with E-state index in [2.05, 4.69) is 43.4 Å². The number of thiophene rings is 1. The van der Waals surface area contributed by atoms with Crippen LogP contribution >= 0.6 is 11.3 Å². The van der Waals surface area contributed by atoms with Gasteiger partial charge >= 0.3 is 0 Å². The minimum atomic E-state index is 0.635. The minimum Gasteiger partial charge on any atom is -0.319 e. The van der Waals surface area contributed by atoms with Crippen LogP contribution in [0, 0.1) is 12.8 Å². The van der Waals surface area contributed by atoms with E-state index < -0.39 is 0 Å². The van der Waals surface area contributed by atoms with Gasteiger partial charge in [0.05, 0.1) is 0 Å². The molecule has 0 bridgehead atoms. The van der Waals surface area contributed by atoms with Crippen molar-refractivity contribution in [3.05, 3.63) is 21.9 Å². The molecule has 2 heterocycles. The van der Waals surface area contributed by atoms with E-state index in [9.17, 15) is 0 Å². The van der Waals surface area contributed by atoms with Gasteiger partial charge in [-0.15, -0.1) is 11.3 Å². The van der Waals surface area contributed by atoms with Gasteiger partial charge in [0.1, 0.15) is 0 Å². The summed E-state index contributed by atoms with van der Waals surface area (Å²) in [5, 5.41) is 3.31. The second-order valence-electron chi connectivity index (χ2n) is 4.48. The number of aryl methyl sites for hydroxylation is 1. The first-order valence-electron chi connectivity index (χ1n) is 5.63. The van der Waals surface area contributed by atoms with Gasteiger partial charge in [0.25, 0.3) is 0 Å². The molecule has 0 saturated carbocycles. The molecule has 0 amide bonds. The predicted molar refractivity (Wildman–Crippen MR) is 66.5 cm³/mol. The number of rotatable bonds is 3. The van der Waals surface area contributed by atoms with Gasteiger partial charge in [-0.1, -0.05) is 0 Å². The number of nitrogens with one attached hydrogen (secondary N) is 1. The van der Waals surface area contributed by atoms with Gasteiger partial charge in [-0.2, -0.15) is 0 Å². The summed E-state index contributed by atoms with van der Waals surface area (Å²) in [6.07, 6.45) is 1.32. The molecule has 2 unspecified atom stereocenters. The summed E-state index contributed by atoms with van der Waals surface area (Å²) >= 11 is 1.95. The highest BCUT2D eigenvalue weighted by molar-refractivity contribution is 7.12. The lowest BCUT2D eigenvalue weighted by molar-refractivity contribution is 0.278. The lowest BCUT2D eigenvalue weighted by Gasteiger charge is -2.23. The molecule has 15 heavy (non-hydrogen) atoms. The number of hydrogen-bond acceptors (Lipinski definition) is 3. The second kappa shape index (κ2) is 4.64. The Labute approximate surface area is 96.3 Å². The maximum Gasteiger partial charge on any atom is 0.0479 e. The Morgan fingerprint density at radius 1 is 1.53 bits per heavy atom. The summed E-state index contributed by atoms with van der Waals surface area (Å²) in [5.41, 5.74) is 0. The molecular weight excluding hydrogens is 204 g/mol. The monoisotopic (exact) mass is 224 g/mol. The van der Waals surface area contributed by atoms with Crippen LogP contribution in [-0.4, -0.2) is 32.1 Å². The van der Waals surface area contributed by atoms with Crippen LogP contribution < -0.4 is 5.32 Å². The van der Waals surface area contributed by atoms with E-state index in [1.807, 2.05) is 11.3 Å². The van der Waals surface area contributed by atoms with E-state index in [1.54, 1.807) is 0 Å². The minimum absolute atomic E-state index is 0.635. The summed E-state index contributed by atoms with van der Waals surface area (Å²) in [5.74, 6) is 0.776. The average Bonchev–Trinajstić information content (AvgIpc) is 2.74. The van der Waals surface area contributed by atoms with Gasteiger partial charge < -0.3 is 5.32 Å². The van der Waals surface area contributed by atoms with Crippen molar-refractivity contribution < 1.29 is 0 Å². The lowest BCUT2D eigenvalue weighted by Crippen LogP contribution is -2.26. The normalized spacial score (nSPS) is 27.4. The van der Waals surface area contributed by atoms with Crippen LogP contribution in [0.3, 0.4) is 0 Å². The molecule has 2 atom stereocenters. The maximum absolute atomic E-state index is 3.31. The molecule has 0 aliphatic carbocycles. The largest absolute Gasteiger partial charge is 0.319 e. The molecule has 1 N–H and O–H groups in total. The van der Waals surface area contributed by atoms with E-state index in [-0.39, 0.29) is 0 Å². The average molecular weight is 224 g/mol. The summed E-state index contributed by atoms with van der Waals surface area (Å²) in [4.78, 5) is 5.45. The zero-order valence-corrected chi connectivity index (χ0v) is 10.6. The summed E-state index contributed by atoms with van der Waals surface area (Å²) in [6.45, 7) is 4.55. The van der Waals surface area contributed by atoms with Crippen molar-refractivity contribution >= 4 is 11.3 Å². The van der Waals surface area contributed by atoms with E-state index in [1.165, 1.54) is 22.7 Å². The van der Waals surface area contributed by atoms with Gasteiger partial charge in [0.15, 0.2) is 0 Å². The third-order valence-corrected chi connectivity index (χ3v) is 4.36. The Morgan fingerprint density at radius 3 is 2.93 bits per heavy atom. The van der Waals surface area contributed by atoms with Gasteiger partial charge in [-0.05, 0) is 58.6 Å². The van der Waals surface area contributed by atoms with E-state index in [0.717, 1.165) is 12.5 Å². The molecule has 0 aromatic carbocycles. The third-order valence-electron chi connectivity index (χ3n) is 3.29. The summed E-state index contributed by atoms with van der Waals surface area (Å²) in [6, 6.07) is 5.17. The quantitative estimate of drug-likeness (QED) is 0.847. The predicted octanol–water partition coefficient (Wildman–Crippen LogP) is 2.27. The molecule has 1 saturated heterocycles. The van der Waals surface area contributed by atoms with Gasteiger partial charge in [0, 0.05) is 15.8 Å². The molecular formula is C12H20N2S. The SMILES string of the molecule is CNCC1CCN(C)C1c1ccc(C)s1. The van der Waals surface area contributed by atoms with Crippen molar-refractivity contribution in [3.8, 4) is 0 Å². The van der Waals surface area contributed by atoms with Crippen molar-refractivity contribution in [3.63, 3.8) is 0 Å². The first kappa shape index (κ1) is 11.1. The van der Waals surface area contributed by atoms with Crippen LogP contribution in [0.25, 0.3) is 0 Å². The van der Waals surface area contributed by atoms with Crippen LogP contribution in [-0.2, 0) is 0 Å². The molecule has 1 aliphatic heterocycles. The Morgan fingerprint density at radius 2 is 2.33 bits per heavy atom. The fraction of sp³-hybridized carbons (Fsp3) is 0.667. The first-order valence-corrected chi connectivity index (χ1v) is 6.45. The fourth-order valence-electron chi connectivity index (χ4n) is 2.56. The molecule has 1 aromatic rings. The molecule has 2 nitrogen and oxygen atoms in total. The zero-order valence-electron chi connectivity index (χ0n) is 9.79. The molecule has 0 spiro atoms. The Kier molecular flexibility index (Phi) is 3.44. The van der Waals surface area contributed by atoms with Crippen LogP contribution in [0.4, 0.5) is 0 Å². The van der Waals surface area contributed by atoms with Gasteiger partial charge in [-0.3, -0.25) is 4.90 Å². The van der Waals surface area contributed by atoms with E-state index in [0.29, 0.717) is 6.04 Å². The Hall–Kier alpha value is -0.380. The summed E-state index contributed by atoms with van der Waals surface area (Å²) < 4.78 is 0. The highest BCUT2D eigenvalue weighted by Gasteiger charge is 2.33. The van der Waals surface area contributed by atoms with Gasteiger partial charge in [-0.25, -0.2) is 0 Å². The molecule has 84 valence electrons. The topological polar surface area (TPSA) is 15.3 Å². The van der Waals surface area contributed by atoms with Crippen LogP contribution in [0.15, 0.2) is 12.1 Å². The first-order chi connectivity index (χ1) is 7.22. The highest BCUT2D eigenvalue weighted by Crippen LogP contribution is 2.38. The van der Waals surface area contributed by atoms with Crippen LogP contribution in [0.2, 0.25) is 0 Å². The van der Waals surface area contributed by atoms with E-state index >= 15 is 0 Å². The molecule has 3 heteroatoms. The Balaban J connectivity index is 2.17. The number of likely N-dealkylation sites (tertiary alicyclic amines) is 1. The smallest absolute Gasteiger partial charge is 0.0479 e. The highest BCUT2D eigenvalue weighted by atomic mass is 32.1. The molecule has 1 aromatic heterocycles. The van der Waals surface area contributed by atoms with Crippen molar-refractivity contribution in [2.45, 2.75) is 19.4 Å². The van der Waals surface area contributed by atoms with Crippen molar-refractivity contribution in [2.75, 3.05) is 27.2 Å². The summed E-state index contributed by atoms with van der Waals surface area (Å²) in [7, 11) is 4.30. The second-order valence-corrected chi connectivity index (χ2v) is 5.80. The van der Waals surface area contributed by atoms with Gasteiger partial charge in [0.2, 0.25) is 0 Å². The fourth-order valence-corrected chi connectivity index (χ4v) is 3.70. The Bertz CT molecular complexity index is 319. The molecule has 1 aliphatic rings. The maximum atomic E-state index is 3.31. The molecule has 1 fully saturated rings. The van der Waals surface area contributed by atoms with Crippen molar-refractivity contribution in [1.29, 1.82) is 0 Å². The standard InChI is InChI=1S/C12H20N2S/c1-9-4-5-11(15-9)12-10(8-13-2)6-7-14(12)3/h4-5,10,12-13H,6-8H2,1-3H3. The number of hydrogen-bond donors (Lipinski definition) is 1. The molecule has 2 rings (SSSR count).